The summed E-state index contributed by atoms with van der Waals surface area (Å²) in [6.45, 7) is 0. The third-order valence-corrected chi connectivity index (χ3v) is 3.27. The second-order valence-corrected chi connectivity index (χ2v) is 4.25. The van der Waals surface area contributed by atoms with Gasteiger partial charge in [-0.3, -0.25) is 4.79 Å². The van der Waals surface area contributed by atoms with Gasteiger partial charge in [-0.1, -0.05) is 0 Å². The zero-order valence-electron chi connectivity index (χ0n) is 8.66. The first kappa shape index (κ1) is 9.27. The smallest absolute Gasteiger partial charge is 0.311 e. The summed E-state index contributed by atoms with van der Waals surface area (Å²) in [5.74, 6) is -1.13. The van der Waals surface area contributed by atoms with Crippen LogP contribution >= 0.6 is 0 Å². The minimum absolute atomic E-state index is 0.384. The standard InChI is InChI=1S/C12H12N2O2/c13-6-1-3-9-8(5-6)11-7(12(15)16)2-4-10(11)14-9/h1,3,5,7,14H,2,4,13H2,(H,15,16)/t7-/m0/s1. The Morgan fingerprint density at radius 1 is 1.50 bits per heavy atom. The first-order valence-corrected chi connectivity index (χ1v) is 5.29. The van der Waals surface area contributed by atoms with Crippen LogP contribution in [-0.2, 0) is 11.2 Å². The number of aryl methyl sites for hydroxylation is 1. The molecule has 0 unspecified atom stereocenters. The number of aromatic amines is 1. The molecule has 0 bridgehead atoms. The molecule has 2 aromatic rings. The molecule has 3 rings (SSSR count). The highest BCUT2D eigenvalue weighted by Crippen LogP contribution is 2.39. The number of anilines is 1. The highest BCUT2D eigenvalue weighted by Gasteiger charge is 2.31. The van der Waals surface area contributed by atoms with Gasteiger partial charge >= 0.3 is 5.97 Å². The predicted octanol–water partition coefficient (Wildman–Crippen LogP) is 1.86. The fraction of sp³-hybridized carbons (Fsp3) is 0.250. The molecule has 82 valence electrons. The molecule has 1 aliphatic carbocycles. The van der Waals surface area contributed by atoms with Crippen molar-refractivity contribution < 1.29 is 9.90 Å². The number of carbonyl (C=O) groups is 1. The van der Waals surface area contributed by atoms with Crippen LogP contribution in [0.1, 0.15) is 23.6 Å². The predicted molar refractivity (Wildman–Crippen MR) is 61.4 cm³/mol. The van der Waals surface area contributed by atoms with Gasteiger partial charge in [0.1, 0.15) is 0 Å². The first-order chi connectivity index (χ1) is 7.66. The van der Waals surface area contributed by atoms with Crippen molar-refractivity contribution in [2.24, 2.45) is 0 Å². The summed E-state index contributed by atoms with van der Waals surface area (Å²) in [6.07, 6.45) is 1.49. The number of nitrogens with two attached hydrogens (primary N) is 1. The van der Waals surface area contributed by atoms with Crippen LogP contribution in [0.4, 0.5) is 5.69 Å². The summed E-state index contributed by atoms with van der Waals surface area (Å²) in [6, 6.07) is 5.58. The molecule has 1 heterocycles. The number of carboxylic acid groups (broad SMARTS) is 1. The Bertz CT molecular complexity index is 586. The molecule has 0 amide bonds. The van der Waals surface area contributed by atoms with Crippen LogP contribution in [0, 0.1) is 0 Å². The lowest BCUT2D eigenvalue weighted by atomic mass is 10.0. The lowest BCUT2D eigenvalue weighted by Gasteiger charge is -2.04. The minimum atomic E-state index is -0.748. The molecule has 1 aromatic heterocycles. The summed E-state index contributed by atoms with van der Waals surface area (Å²) in [5.41, 5.74) is 9.36. The number of aliphatic carboxylic acids is 1. The van der Waals surface area contributed by atoms with E-state index in [0.29, 0.717) is 12.1 Å². The number of hydrogen-bond donors (Lipinski definition) is 3. The second-order valence-electron chi connectivity index (χ2n) is 4.25. The summed E-state index contributed by atoms with van der Waals surface area (Å²) in [4.78, 5) is 14.4. The zero-order valence-corrected chi connectivity index (χ0v) is 8.66. The molecular formula is C12H12N2O2. The van der Waals surface area contributed by atoms with Gasteiger partial charge in [-0.05, 0) is 36.6 Å². The number of aromatic nitrogens is 1. The fourth-order valence-electron chi connectivity index (χ4n) is 2.56. The van der Waals surface area contributed by atoms with E-state index in [4.69, 9.17) is 10.8 Å². The van der Waals surface area contributed by atoms with E-state index in [1.807, 2.05) is 18.2 Å². The average molecular weight is 216 g/mol. The van der Waals surface area contributed by atoms with Crippen LogP contribution in [0.2, 0.25) is 0 Å². The molecule has 4 nitrogen and oxygen atoms in total. The Morgan fingerprint density at radius 2 is 2.31 bits per heavy atom. The van der Waals surface area contributed by atoms with Crippen molar-refractivity contribution in [1.82, 2.24) is 4.98 Å². The highest BCUT2D eigenvalue weighted by atomic mass is 16.4. The normalized spacial score (nSPS) is 18.9. The monoisotopic (exact) mass is 216 g/mol. The Hall–Kier alpha value is -1.97. The number of benzene rings is 1. The SMILES string of the molecule is Nc1ccc2[nH]c3c(c2c1)[C@@H](C(=O)O)CC3. The van der Waals surface area contributed by atoms with Crippen LogP contribution in [0.25, 0.3) is 10.9 Å². The minimum Gasteiger partial charge on any atom is -0.481 e. The number of rotatable bonds is 1. The Labute approximate surface area is 92.1 Å². The maximum Gasteiger partial charge on any atom is 0.311 e. The number of nitrogen functional groups attached to an aromatic ring is 1. The number of hydrogen-bond acceptors (Lipinski definition) is 2. The van der Waals surface area contributed by atoms with Crippen molar-refractivity contribution in [2.45, 2.75) is 18.8 Å². The molecule has 1 aliphatic rings. The summed E-state index contributed by atoms with van der Waals surface area (Å²) < 4.78 is 0. The zero-order chi connectivity index (χ0) is 11.3. The van der Waals surface area contributed by atoms with Gasteiger partial charge in [-0.25, -0.2) is 0 Å². The van der Waals surface area contributed by atoms with Gasteiger partial charge in [0.25, 0.3) is 0 Å². The summed E-state index contributed by atoms with van der Waals surface area (Å²) >= 11 is 0. The second kappa shape index (κ2) is 3.01. The molecular weight excluding hydrogens is 204 g/mol. The topological polar surface area (TPSA) is 79.1 Å². The molecule has 0 saturated carbocycles. The van der Waals surface area contributed by atoms with Gasteiger partial charge < -0.3 is 15.8 Å². The number of fused-ring (bicyclic) bond motifs is 3. The summed E-state index contributed by atoms with van der Waals surface area (Å²) in [7, 11) is 0. The van der Waals surface area contributed by atoms with Crippen molar-refractivity contribution in [3.8, 4) is 0 Å². The molecule has 4 heteroatoms. The molecule has 0 radical (unpaired) electrons. The van der Waals surface area contributed by atoms with Crippen molar-refractivity contribution in [2.75, 3.05) is 5.73 Å². The van der Waals surface area contributed by atoms with E-state index in [9.17, 15) is 4.79 Å². The molecule has 16 heavy (non-hydrogen) atoms. The van der Waals surface area contributed by atoms with E-state index in [1.165, 1.54) is 0 Å². The lowest BCUT2D eigenvalue weighted by molar-refractivity contribution is -0.138. The largest absolute Gasteiger partial charge is 0.481 e. The van der Waals surface area contributed by atoms with Gasteiger partial charge in [0.2, 0.25) is 0 Å². The van der Waals surface area contributed by atoms with Crippen LogP contribution in [0.15, 0.2) is 18.2 Å². The number of H-pyrrole nitrogens is 1. The van der Waals surface area contributed by atoms with Gasteiger partial charge in [-0.15, -0.1) is 0 Å². The fourth-order valence-corrected chi connectivity index (χ4v) is 2.56. The number of nitrogens with one attached hydrogen (secondary N) is 1. The van der Waals surface area contributed by atoms with E-state index in [2.05, 4.69) is 4.98 Å². The quantitative estimate of drug-likeness (QED) is 0.636. The van der Waals surface area contributed by atoms with E-state index in [1.54, 1.807) is 0 Å². The van der Waals surface area contributed by atoms with Crippen LogP contribution in [0.5, 0.6) is 0 Å². The number of carboxylic acids is 1. The molecule has 0 fully saturated rings. The molecule has 0 aliphatic heterocycles. The van der Waals surface area contributed by atoms with E-state index < -0.39 is 5.97 Å². The molecule has 1 atom stereocenters. The maximum absolute atomic E-state index is 11.1. The third kappa shape index (κ3) is 1.13. The van der Waals surface area contributed by atoms with E-state index >= 15 is 0 Å². The van der Waals surface area contributed by atoms with Crippen LogP contribution < -0.4 is 5.73 Å². The van der Waals surface area contributed by atoms with Crippen LogP contribution in [-0.4, -0.2) is 16.1 Å². The van der Waals surface area contributed by atoms with Crippen molar-refractivity contribution in [3.63, 3.8) is 0 Å². The summed E-state index contributed by atoms with van der Waals surface area (Å²) in [5, 5.41) is 10.1. The Balaban J connectivity index is 2.29. The van der Waals surface area contributed by atoms with Gasteiger partial charge in [0.05, 0.1) is 5.92 Å². The van der Waals surface area contributed by atoms with Crippen molar-refractivity contribution in [1.29, 1.82) is 0 Å². The first-order valence-electron chi connectivity index (χ1n) is 5.29. The van der Waals surface area contributed by atoms with Gasteiger partial charge in [0.15, 0.2) is 0 Å². The maximum atomic E-state index is 11.1. The van der Waals surface area contributed by atoms with E-state index in [0.717, 1.165) is 28.6 Å². The van der Waals surface area contributed by atoms with Crippen LogP contribution in [0.3, 0.4) is 0 Å². The third-order valence-electron chi connectivity index (χ3n) is 3.27. The van der Waals surface area contributed by atoms with Gasteiger partial charge in [-0.2, -0.15) is 0 Å². The Morgan fingerprint density at radius 3 is 3.06 bits per heavy atom. The molecule has 1 aromatic carbocycles. The molecule has 0 saturated heterocycles. The Kier molecular flexibility index (Phi) is 1.74. The van der Waals surface area contributed by atoms with E-state index in [-0.39, 0.29) is 5.92 Å². The van der Waals surface area contributed by atoms with Crippen molar-refractivity contribution in [3.05, 3.63) is 29.5 Å². The molecule has 0 spiro atoms. The lowest BCUT2D eigenvalue weighted by Crippen LogP contribution is -2.07. The highest BCUT2D eigenvalue weighted by molar-refractivity contribution is 5.93. The molecule has 4 N–H and O–H groups in total. The van der Waals surface area contributed by atoms with Crippen molar-refractivity contribution >= 4 is 22.6 Å². The average Bonchev–Trinajstić information content (AvgIpc) is 2.76. The van der Waals surface area contributed by atoms with Gasteiger partial charge in [0, 0.05) is 22.3 Å².